The second-order valence-corrected chi connectivity index (χ2v) is 6.98. The fourth-order valence-electron chi connectivity index (χ4n) is 2.63. The van der Waals surface area contributed by atoms with Crippen LogP contribution in [0.3, 0.4) is 0 Å². The average Bonchev–Trinajstić information content (AvgIpc) is 3.31. The third-order valence-electron chi connectivity index (χ3n) is 4.10. The van der Waals surface area contributed by atoms with Crippen LogP contribution in [0.2, 0.25) is 0 Å². The van der Waals surface area contributed by atoms with Crippen LogP contribution in [0.1, 0.15) is 31.7 Å². The van der Waals surface area contributed by atoms with Crippen molar-refractivity contribution < 1.29 is 23.9 Å². The van der Waals surface area contributed by atoms with Crippen molar-refractivity contribution in [1.29, 1.82) is 0 Å². The van der Waals surface area contributed by atoms with Crippen molar-refractivity contribution in [1.82, 2.24) is 5.32 Å². The van der Waals surface area contributed by atoms with Crippen LogP contribution in [0.4, 0.5) is 0 Å². The summed E-state index contributed by atoms with van der Waals surface area (Å²) in [5.74, 6) is -0.816. The molecule has 1 N–H and O–H groups in total. The second kappa shape index (κ2) is 9.66. The molecule has 0 unspecified atom stereocenters. The Labute approximate surface area is 172 Å². The van der Waals surface area contributed by atoms with Gasteiger partial charge in [-0.2, -0.15) is 0 Å². The molecule has 3 aromatic rings. The molecular weight excluding hydrogens is 390 g/mol. The molecule has 0 radical (unpaired) electrons. The van der Waals surface area contributed by atoms with Crippen LogP contribution in [0, 0.1) is 0 Å². The van der Waals surface area contributed by atoms with E-state index in [1.807, 2.05) is 6.07 Å². The SMILES string of the molecule is COc1ccc(C(=O)[C@@H](OC(=O)CNC(=O)c2cccs2)c2ccccc2)cc1. The third-order valence-corrected chi connectivity index (χ3v) is 4.97. The van der Waals surface area contributed by atoms with Gasteiger partial charge in [0, 0.05) is 11.1 Å². The highest BCUT2D eigenvalue weighted by atomic mass is 32.1. The summed E-state index contributed by atoms with van der Waals surface area (Å²) in [4.78, 5) is 37.8. The first kappa shape index (κ1) is 20.3. The first-order valence-electron chi connectivity index (χ1n) is 8.83. The van der Waals surface area contributed by atoms with Crippen molar-refractivity contribution >= 4 is 29.0 Å². The zero-order chi connectivity index (χ0) is 20.6. The highest BCUT2D eigenvalue weighted by Crippen LogP contribution is 2.24. The van der Waals surface area contributed by atoms with E-state index in [4.69, 9.17) is 9.47 Å². The molecule has 0 aliphatic carbocycles. The van der Waals surface area contributed by atoms with Crippen LogP contribution in [-0.2, 0) is 9.53 Å². The summed E-state index contributed by atoms with van der Waals surface area (Å²) in [5, 5.41) is 4.27. The van der Waals surface area contributed by atoms with Gasteiger partial charge in [0.15, 0.2) is 6.10 Å². The zero-order valence-electron chi connectivity index (χ0n) is 15.7. The third kappa shape index (κ3) is 5.30. The Bertz CT molecular complexity index is 968. The van der Waals surface area contributed by atoms with E-state index in [-0.39, 0.29) is 18.2 Å². The van der Waals surface area contributed by atoms with Gasteiger partial charge in [-0.15, -0.1) is 11.3 Å². The van der Waals surface area contributed by atoms with Gasteiger partial charge in [0.05, 0.1) is 12.0 Å². The Kier molecular flexibility index (Phi) is 6.76. The van der Waals surface area contributed by atoms with Gasteiger partial charge in [-0.25, -0.2) is 0 Å². The smallest absolute Gasteiger partial charge is 0.326 e. The minimum absolute atomic E-state index is 0.337. The van der Waals surface area contributed by atoms with Gasteiger partial charge in [-0.05, 0) is 35.7 Å². The molecule has 7 heteroatoms. The van der Waals surface area contributed by atoms with Gasteiger partial charge in [0.25, 0.3) is 5.91 Å². The molecule has 1 atom stereocenters. The fraction of sp³-hybridized carbons (Fsp3) is 0.136. The first-order chi connectivity index (χ1) is 14.1. The highest BCUT2D eigenvalue weighted by Gasteiger charge is 2.26. The van der Waals surface area contributed by atoms with E-state index in [0.717, 1.165) is 0 Å². The number of esters is 1. The largest absolute Gasteiger partial charge is 0.497 e. The van der Waals surface area contributed by atoms with E-state index in [9.17, 15) is 14.4 Å². The normalized spacial score (nSPS) is 11.3. The number of hydrogen-bond donors (Lipinski definition) is 1. The van der Waals surface area contributed by atoms with Crippen LogP contribution in [0.5, 0.6) is 5.75 Å². The van der Waals surface area contributed by atoms with Crippen LogP contribution >= 0.6 is 11.3 Å². The molecule has 0 bridgehead atoms. The van der Waals surface area contributed by atoms with Crippen molar-refractivity contribution in [2.75, 3.05) is 13.7 Å². The predicted molar refractivity (Wildman–Crippen MR) is 109 cm³/mol. The van der Waals surface area contributed by atoms with Gasteiger partial charge >= 0.3 is 5.97 Å². The van der Waals surface area contributed by atoms with Crippen molar-refractivity contribution in [3.8, 4) is 5.75 Å². The lowest BCUT2D eigenvalue weighted by atomic mass is 9.99. The van der Waals surface area contributed by atoms with Gasteiger partial charge in [0.2, 0.25) is 5.78 Å². The summed E-state index contributed by atoms with van der Waals surface area (Å²) < 4.78 is 10.6. The number of ether oxygens (including phenoxy) is 2. The van der Waals surface area contributed by atoms with E-state index < -0.39 is 12.1 Å². The number of carbonyl (C=O) groups excluding carboxylic acids is 3. The molecule has 0 fully saturated rings. The van der Waals surface area contributed by atoms with Gasteiger partial charge < -0.3 is 14.8 Å². The number of hydrogen-bond acceptors (Lipinski definition) is 6. The van der Waals surface area contributed by atoms with Crippen molar-refractivity contribution in [3.63, 3.8) is 0 Å². The predicted octanol–water partition coefficient (Wildman–Crippen LogP) is 3.65. The molecule has 3 rings (SSSR count). The summed E-state index contributed by atoms with van der Waals surface area (Å²) in [7, 11) is 1.54. The summed E-state index contributed by atoms with van der Waals surface area (Å²) >= 11 is 1.27. The van der Waals surface area contributed by atoms with Crippen molar-refractivity contribution in [2.45, 2.75) is 6.10 Å². The molecule has 1 amide bonds. The minimum atomic E-state index is -1.12. The summed E-state index contributed by atoms with van der Waals surface area (Å²) in [6.07, 6.45) is -1.12. The molecule has 148 valence electrons. The molecule has 1 heterocycles. The molecule has 2 aromatic carbocycles. The lowest BCUT2D eigenvalue weighted by Gasteiger charge is -2.18. The second-order valence-electron chi connectivity index (χ2n) is 6.03. The lowest BCUT2D eigenvalue weighted by Crippen LogP contribution is -2.32. The van der Waals surface area contributed by atoms with Crippen LogP contribution in [0.25, 0.3) is 0 Å². The van der Waals surface area contributed by atoms with E-state index in [1.165, 1.54) is 18.4 Å². The maximum atomic E-state index is 13.0. The number of rotatable bonds is 8. The molecule has 0 saturated carbocycles. The van der Waals surface area contributed by atoms with E-state index >= 15 is 0 Å². The topological polar surface area (TPSA) is 81.7 Å². The van der Waals surface area contributed by atoms with Crippen LogP contribution in [0.15, 0.2) is 72.1 Å². The molecule has 0 spiro atoms. The van der Waals surface area contributed by atoms with Gasteiger partial charge in [0.1, 0.15) is 12.3 Å². The van der Waals surface area contributed by atoms with E-state index in [0.29, 0.717) is 21.8 Å². The minimum Gasteiger partial charge on any atom is -0.497 e. The Morgan fingerprint density at radius 3 is 2.31 bits per heavy atom. The maximum absolute atomic E-state index is 13.0. The first-order valence-corrected chi connectivity index (χ1v) is 9.71. The number of thiophene rings is 1. The Morgan fingerprint density at radius 2 is 1.69 bits per heavy atom. The number of benzene rings is 2. The maximum Gasteiger partial charge on any atom is 0.326 e. The molecule has 0 aliphatic rings. The average molecular weight is 409 g/mol. The summed E-state index contributed by atoms with van der Waals surface area (Å²) in [6, 6.07) is 18.7. The van der Waals surface area contributed by atoms with Gasteiger partial charge in [-0.1, -0.05) is 36.4 Å². The quantitative estimate of drug-likeness (QED) is 0.454. The molecule has 0 saturated heterocycles. The number of methoxy groups -OCH3 is 1. The standard InChI is InChI=1S/C22H19NO5S/c1-27-17-11-9-15(10-12-17)20(25)21(16-6-3-2-4-7-16)28-19(24)14-23-22(26)18-8-5-13-29-18/h2-13,21H,14H2,1H3,(H,23,26)/t21-/m0/s1. The monoisotopic (exact) mass is 409 g/mol. The highest BCUT2D eigenvalue weighted by molar-refractivity contribution is 7.12. The molecule has 1 aromatic heterocycles. The van der Waals surface area contributed by atoms with Crippen LogP contribution < -0.4 is 10.1 Å². The number of amides is 1. The Balaban J connectivity index is 1.72. The lowest BCUT2D eigenvalue weighted by molar-refractivity contribution is -0.146. The van der Waals surface area contributed by atoms with Crippen LogP contribution in [-0.4, -0.2) is 31.3 Å². The molecule has 0 aliphatic heterocycles. The number of carbonyl (C=O) groups is 3. The molecular formula is C22H19NO5S. The molecule has 29 heavy (non-hydrogen) atoms. The van der Waals surface area contributed by atoms with Gasteiger partial charge in [-0.3, -0.25) is 14.4 Å². The Morgan fingerprint density at radius 1 is 0.966 bits per heavy atom. The number of ketones is 1. The summed E-state index contributed by atoms with van der Waals surface area (Å²) in [6.45, 7) is -0.337. The summed E-state index contributed by atoms with van der Waals surface area (Å²) in [5.41, 5.74) is 0.932. The zero-order valence-corrected chi connectivity index (χ0v) is 16.5. The Hall–Kier alpha value is -3.45. The fourth-order valence-corrected chi connectivity index (χ4v) is 3.27. The molecule has 6 nitrogen and oxygen atoms in total. The number of Topliss-reactive ketones (excluding diaryl/α,β-unsaturated/α-hetero) is 1. The van der Waals surface area contributed by atoms with E-state index in [2.05, 4.69) is 5.32 Å². The van der Waals surface area contributed by atoms with Crippen molar-refractivity contribution in [2.24, 2.45) is 0 Å². The van der Waals surface area contributed by atoms with Crippen molar-refractivity contribution in [3.05, 3.63) is 88.1 Å². The van der Waals surface area contributed by atoms with E-state index in [1.54, 1.807) is 66.0 Å². The number of nitrogens with one attached hydrogen (secondary N) is 1.